The summed E-state index contributed by atoms with van der Waals surface area (Å²) < 4.78 is 10.9. The van der Waals surface area contributed by atoms with Crippen LogP contribution in [0.5, 0.6) is 11.5 Å². The van der Waals surface area contributed by atoms with Gasteiger partial charge in [-0.05, 0) is 53.6 Å². The first kappa shape index (κ1) is 24.7. The third-order valence-corrected chi connectivity index (χ3v) is 7.16. The molecule has 4 rings (SSSR count). The van der Waals surface area contributed by atoms with Gasteiger partial charge in [-0.15, -0.1) is 11.3 Å². The number of carbonyl (C=O) groups is 2. The standard InChI is InChI=1S/C27H31N3O4S/c1-33-23-12-11-20(15-24(23)34-2)26(27(32)29-21-8-3-4-9-21)30(18-19-7-5-13-28-17-19)25(31)16-22-10-6-14-35-22/h5-7,10-15,17,21,26H,3-4,8-9,16,18H2,1-2H3,(H,29,32)/t26-/m1/s1. The van der Waals surface area contributed by atoms with Crippen LogP contribution in [0.4, 0.5) is 0 Å². The zero-order chi connectivity index (χ0) is 24.6. The lowest BCUT2D eigenvalue weighted by atomic mass is 10.0. The van der Waals surface area contributed by atoms with Crippen molar-refractivity contribution in [3.63, 3.8) is 0 Å². The Labute approximate surface area is 210 Å². The van der Waals surface area contributed by atoms with Gasteiger partial charge in [0.15, 0.2) is 11.5 Å². The molecule has 0 spiro atoms. The van der Waals surface area contributed by atoms with Crippen LogP contribution in [0.15, 0.2) is 60.2 Å². The third kappa shape index (κ3) is 6.19. The van der Waals surface area contributed by atoms with Crippen LogP contribution in [0.25, 0.3) is 0 Å². The van der Waals surface area contributed by atoms with Crippen molar-refractivity contribution in [1.82, 2.24) is 15.2 Å². The summed E-state index contributed by atoms with van der Waals surface area (Å²) in [6, 6.07) is 12.3. The predicted octanol–water partition coefficient (Wildman–Crippen LogP) is 4.53. The van der Waals surface area contributed by atoms with Crippen LogP contribution in [0.2, 0.25) is 0 Å². The van der Waals surface area contributed by atoms with Gasteiger partial charge in [0.2, 0.25) is 11.8 Å². The van der Waals surface area contributed by atoms with Gasteiger partial charge in [-0.2, -0.15) is 0 Å². The Morgan fingerprint density at radius 2 is 1.91 bits per heavy atom. The summed E-state index contributed by atoms with van der Waals surface area (Å²) in [4.78, 5) is 34.3. The maximum atomic E-state index is 13.8. The Bertz CT molecular complexity index is 1110. The molecule has 2 heterocycles. The number of pyridine rings is 1. The maximum Gasteiger partial charge on any atom is 0.247 e. The summed E-state index contributed by atoms with van der Waals surface area (Å²) in [5, 5.41) is 5.16. The van der Waals surface area contributed by atoms with Gasteiger partial charge < -0.3 is 19.7 Å². The van der Waals surface area contributed by atoms with Crippen LogP contribution < -0.4 is 14.8 Å². The molecule has 8 heteroatoms. The van der Waals surface area contributed by atoms with Gasteiger partial charge in [-0.3, -0.25) is 14.6 Å². The summed E-state index contributed by atoms with van der Waals surface area (Å²) in [6.45, 7) is 0.259. The monoisotopic (exact) mass is 493 g/mol. The minimum absolute atomic E-state index is 0.123. The predicted molar refractivity (Wildman–Crippen MR) is 135 cm³/mol. The number of methoxy groups -OCH3 is 2. The second kappa shape index (κ2) is 11.8. The number of aromatic nitrogens is 1. The lowest BCUT2D eigenvalue weighted by Crippen LogP contribution is -2.46. The van der Waals surface area contributed by atoms with Crippen molar-refractivity contribution in [2.45, 2.75) is 50.7 Å². The van der Waals surface area contributed by atoms with Crippen molar-refractivity contribution in [3.05, 3.63) is 76.2 Å². The summed E-state index contributed by atoms with van der Waals surface area (Å²) >= 11 is 1.53. The van der Waals surface area contributed by atoms with Crippen LogP contribution in [0.1, 0.15) is 47.7 Å². The first-order valence-electron chi connectivity index (χ1n) is 11.8. The van der Waals surface area contributed by atoms with E-state index in [0.717, 1.165) is 36.1 Å². The van der Waals surface area contributed by atoms with Crippen molar-refractivity contribution in [3.8, 4) is 11.5 Å². The summed E-state index contributed by atoms with van der Waals surface area (Å²) in [7, 11) is 3.13. The highest BCUT2D eigenvalue weighted by molar-refractivity contribution is 7.10. The quantitative estimate of drug-likeness (QED) is 0.449. The molecule has 0 unspecified atom stereocenters. The number of amides is 2. The fraction of sp³-hybridized carbons (Fsp3) is 0.370. The minimum atomic E-state index is -0.830. The Kier molecular flexibility index (Phi) is 8.36. The van der Waals surface area contributed by atoms with Crippen molar-refractivity contribution in [2.24, 2.45) is 0 Å². The zero-order valence-electron chi connectivity index (χ0n) is 20.1. The van der Waals surface area contributed by atoms with Gasteiger partial charge in [-0.25, -0.2) is 0 Å². The normalized spacial score (nSPS) is 14.3. The Hall–Kier alpha value is -3.39. The first-order chi connectivity index (χ1) is 17.1. The van der Waals surface area contributed by atoms with Crippen molar-refractivity contribution < 1.29 is 19.1 Å². The molecule has 1 N–H and O–H groups in total. The molecule has 1 aromatic carbocycles. The number of nitrogens with one attached hydrogen (secondary N) is 1. The SMILES string of the molecule is COc1ccc([C@H](C(=O)NC2CCCC2)N(Cc2cccnc2)C(=O)Cc2cccs2)cc1OC. The van der Waals surface area contributed by atoms with Crippen LogP contribution in [-0.2, 0) is 22.6 Å². The number of rotatable bonds is 10. The smallest absolute Gasteiger partial charge is 0.247 e. The molecule has 1 fully saturated rings. The minimum Gasteiger partial charge on any atom is -0.493 e. The van der Waals surface area contributed by atoms with E-state index < -0.39 is 6.04 Å². The average molecular weight is 494 g/mol. The van der Waals surface area contributed by atoms with E-state index in [-0.39, 0.29) is 30.8 Å². The summed E-state index contributed by atoms with van der Waals surface area (Å²) in [5.74, 6) is 0.760. The topological polar surface area (TPSA) is 80.8 Å². The van der Waals surface area contributed by atoms with Crippen molar-refractivity contribution in [1.29, 1.82) is 0 Å². The Morgan fingerprint density at radius 1 is 1.11 bits per heavy atom. The first-order valence-corrected chi connectivity index (χ1v) is 12.7. The third-order valence-electron chi connectivity index (χ3n) is 6.29. The van der Waals surface area contributed by atoms with E-state index in [0.29, 0.717) is 17.1 Å². The fourth-order valence-corrected chi connectivity index (χ4v) is 5.22. The van der Waals surface area contributed by atoms with Crippen LogP contribution in [-0.4, -0.2) is 42.0 Å². The molecule has 1 atom stereocenters. The molecule has 2 aromatic heterocycles. The maximum absolute atomic E-state index is 13.8. The zero-order valence-corrected chi connectivity index (χ0v) is 20.9. The number of thiophene rings is 1. The Balaban J connectivity index is 1.74. The number of ether oxygens (including phenoxy) is 2. The lowest BCUT2D eigenvalue weighted by molar-refractivity contribution is -0.141. The molecule has 1 aliphatic rings. The molecule has 1 aliphatic carbocycles. The van der Waals surface area contributed by atoms with E-state index in [4.69, 9.17) is 9.47 Å². The van der Waals surface area contributed by atoms with E-state index in [1.54, 1.807) is 43.6 Å². The van der Waals surface area contributed by atoms with E-state index in [1.807, 2.05) is 35.7 Å². The number of hydrogen-bond acceptors (Lipinski definition) is 6. The molecule has 35 heavy (non-hydrogen) atoms. The molecule has 2 amide bonds. The highest BCUT2D eigenvalue weighted by atomic mass is 32.1. The number of benzene rings is 1. The van der Waals surface area contributed by atoms with Crippen LogP contribution >= 0.6 is 11.3 Å². The second-order valence-corrected chi connectivity index (χ2v) is 9.68. The van der Waals surface area contributed by atoms with E-state index >= 15 is 0 Å². The molecule has 0 radical (unpaired) electrons. The van der Waals surface area contributed by atoms with Crippen molar-refractivity contribution >= 4 is 23.2 Å². The van der Waals surface area contributed by atoms with E-state index in [1.165, 1.54) is 11.3 Å². The number of nitrogens with zero attached hydrogens (tertiary/aromatic N) is 2. The molecular formula is C27H31N3O4S. The van der Waals surface area contributed by atoms with Gasteiger partial charge >= 0.3 is 0 Å². The molecular weight excluding hydrogens is 462 g/mol. The highest BCUT2D eigenvalue weighted by Crippen LogP contribution is 2.34. The molecule has 0 saturated heterocycles. The van der Waals surface area contributed by atoms with Gasteiger partial charge in [0.25, 0.3) is 0 Å². The Morgan fingerprint density at radius 3 is 2.57 bits per heavy atom. The number of hydrogen-bond donors (Lipinski definition) is 1. The highest BCUT2D eigenvalue weighted by Gasteiger charge is 2.34. The summed E-state index contributed by atoms with van der Waals surface area (Å²) in [5.41, 5.74) is 1.52. The van der Waals surface area contributed by atoms with E-state index in [9.17, 15) is 9.59 Å². The fourth-order valence-electron chi connectivity index (χ4n) is 4.52. The molecule has 3 aromatic rings. The van der Waals surface area contributed by atoms with E-state index in [2.05, 4.69) is 10.3 Å². The van der Waals surface area contributed by atoms with Gasteiger partial charge in [-0.1, -0.05) is 31.0 Å². The number of carbonyl (C=O) groups excluding carboxylic acids is 2. The second-order valence-electron chi connectivity index (χ2n) is 8.65. The van der Waals surface area contributed by atoms with Crippen molar-refractivity contribution in [2.75, 3.05) is 14.2 Å². The van der Waals surface area contributed by atoms with Gasteiger partial charge in [0.05, 0.1) is 20.6 Å². The molecule has 0 aliphatic heterocycles. The molecule has 1 saturated carbocycles. The molecule has 0 bridgehead atoms. The molecule has 7 nitrogen and oxygen atoms in total. The van der Waals surface area contributed by atoms with Gasteiger partial charge in [0, 0.05) is 29.9 Å². The average Bonchev–Trinajstić information content (AvgIpc) is 3.58. The summed E-state index contributed by atoms with van der Waals surface area (Å²) in [6.07, 6.45) is 7.75. The molecule has 184 valence electrons. The van der Waals surface area contributed by atoms with Crippen LogP contribution in [0, 0.1) is 0 Å². The lowest BCUT2D eigenvalue weighted by Gasteiger charge is -2.32. The largest absolute Gasteiger partial charge is 0.493 e. The van der Waals surface area contributed by atoms with Crippen LogP contribution in [0.3, 0.4) is 0 Å². The van der Waals surface area contributed by atoms with Gasteiger partial charge in [0.1, 0.15) is 6.04 Å².